The van der Waals surface area contributed by atoms with Crippen LogP contribution < -0.4 is 0 Å². The van der Waals surface area contributed by atoms with Gasteiger partial charge >= 0.3 is 0 Å². The first-order valence-electron chi connectivity index (χ1n) is 9.16. The molecule has 3 rings (SSSR count). The van der Waals surface area contributed by atoms with Crippen LogP contribution in [0, 0.1) is 28.1 Å². The molecule has 2 saturated carbocycles. The van der Waals surface area contributed by atoms with Gasteiger partial charge in [0.25, 0.3) is 0 Å². The number of carbonyl (C=O) groups is 1. The molecule has 0 amide bonds. The van der Waals surface area contributed by atoms with Crippen LogP contribution in [0.25, 0.3) is 0 Å². The number of aliphatic hydroxyl groups is 2. The standard InChI is InChI=1S/C20H32O3/c1-18(2)15-6-5-13-11-19(3,17(23)12-21)9-7-14(13)20(15,4)10-8-16(18)22/h5,14-15,17,21,23H,6-12H2,1-4H3. The number of carbonyl (C=O) groups excluding carboxylic acids is 1. The van der Waals surface area contributed by atoms with Gasteiger partial charge in [-0.15, -0.1) is 0 Å². The molecule has 5 atom stereocenters. The molecule has 0 aromatic rings. The zero-order valence-electron chi connectivity index (χ0n) is 15.1. The molecule has 3 aliphatic rings. The van der Waals surface area contributed by atoms with Crippen molar-refractivity contribution in [3.05, 3.63) is 11.6 Å². The summed E-state index contributed by atoms with van der Waals surface area (Å²) in [6, 6.07) is 0. The number of rotatable bonds is 2. The summed E-state index contributed by atoms with van der Waals surface area (Å²) in [6.07, 6.45) is 7.31. The number of Topliss-reactive ketones (excluding diaryl/α,β-unsaturated/α-hetero) is 1. The monoisotopic (exact) mass is 320 g/mol. The maximum Gasteiger partial charge on any atom is 0.138 e. The first-order valence-corrected chi connectivity index (χ1v) is 9.16. The van der Waals surface area contributed by atoms with Gasteiger partial charge in [-0.2, -0.15) is 0 Å². The zero-order valence-corrected chi connectivity index (χ0v) is 15.1. The van der Waals surface area contributed by atoms with E-state index in [0.717, 1.165) is 32.1 Å². The Morgan fingerprint density at radius 3 is 2.61 bits per heavy atom. The average Bonchev–Trinajstić information content (AvgIpc) is 2.50. The highest BCUT2D eigenvalue weighted by atomic mass is 16.3. The average molecular weight is 320 g/mol. The SMILES string of the molecule is CC1(C(O)CO)CCC2C(=CCC3C(C)(C)C(=O)CCC23C)C1. The number of hydrogen-bond acceptors (Lipinski definition) is 3. The lowest BCUT2D eigenvalue weighted by molar-refractivity contribution is -0.144. The molecule has 0 saturated heterocycles. The Balaban J connectivity index is 1.92. The fourth-order valence-electron chi connectivity index (χ4n) is 5.96. The van der Waals surface area contributed by atoms with Crippen LogP contribution in [-0.2, 0) is 4.79 Å². The predicted octanol–water partition coefficient (Wildman–Crippen LogP) is 3.49. The second-order valence-electron chi connectivity index (χ2n) is 9.34. The highest BCUT2D eigenvalue weighted by molar-refractivity contribution is 5.85. The Bertz CT molecular complexity index is 535. The third-order valence-electron chi connectivity index (χ3n) is 7.73. The van der Waals surface area contributed by atoms with Gasteiger partial charge < -0.3 is 10.2 Å². The van der Waals surface area contributed by atoms with Crippen LogP contribution in [0.2, 0.25) is 0 Å². The van der Waals surface area contributed by atoms with Gasteiger partial charge in [0, 0.05) is 11.8 Å². The van der Waals surface area contributed by atoms with Crippen LogP contribution >= 0.6 is 0 Å². The second-order valence-corrected chi connectivity index (χ2v) is 9.34. The zero-order chi connectivity index (χ0) is 17.0. The fourth-order valence-corrected chi connectivity index (χ4v) is 5.96. The van der Waals surface area contributed by atoms with Gasteiger partial charge in [0.2, 0.25) is 0 Å². The Kier molecular flexibility index (Phi) is 4.04. The highest BCUT2D eigenvalue weighted by Crippen LogP contribution is 2.62. The van der Waals surface area contributed by atoms with Gasteiger partial charge in [0.1, 0.15) is 5.78 Å². The molecule has 0 aliphatic heterocycles. The molecular formula is C20H32O3. The van der Waals surface area contributed by atoms with Gasteiger partial charge in [-0.25, -0.2) is 0 Å². The Morgan fingerprint density at radius 1 is 1.26 bits per heavy atom. The highest BCUT2D eigenvalue weighted by Gasteiger charge is 2.57. The van der Waals surface area contributed by atoms with Gasteiger partial charge in [-0.3, -0.25) is 4.79 Å². The molecule has 3 aliphatic carbocycles. The van der Waals surface area contributed by atoms with Gasteiger partial charge in [0.05, 0.1) is 12.7 Å². The van der Waals surface area contributed by atoms with Crippen LogP contribution in [0.15, 0.2) is 11.6 Å². The molecule has 5 unspecified atom stereocenters. The molecule has 0 heterocycles. The van der Waals surface area contributed by atoms with Crippen molar-refractivity contribution in [2.45, 2.75) is 72.3 Å². The van der Waals surface area contributed by atoms with Crippen molar-refractivity contribution in [2.75, 3.05) is 6.61 Å². The summed E-state index contributed by atoms with van der Waals surface area (Å²) < 4.78 is 0. The first kappa shape index (κ1) is 17.2. The summed E-state index contributed by atoms with van der Waals surface area (Å²) in [5, 5.41) is 19.6. The maximum absolute atomic E-state index is 12.4. The van der Waals surface area contributed by atoms with Crippen molar-refractivity contribution in [3.8, 4) is 0 Å². The topological polar surface area (TPSA) is 57.5 Å². The smallest absolute Gasteiger partial charge is 0.138 e. The van der Waals surface area contributed by atoms with E-state index in [1.165, 1.54) is 5.57 Å². The second kappa shape index (κ2) is 5.42. The van der Waals surface area contributed by atoms with E-state index in [2.05, 4.69) is 33.8 Å². The van der Waals surface area contributed by atoms with E-state index in [4.69, 9.17) is 0 Å². The molecular weight excluding hydrogens is 288 g/mol. The summed E-state index contributed by atoms with van der Waals surface area (Å²) in [5.74, 6) is 1.39. The molecule has 3 nitrogen and oxygen atoms in total. The van der Waals surface area contributed by atoms with E-state index in [0.29, 0.717) is 24.0 Å². The third kappa shape index (κ3) is 2.42. The van der Waals surface area contributed by atoms with Crippen LogP contribution in [0.4, 0.5) is 0 Å². The lowest BCUT2D eigenvalue weighted by atomic mass is 9.45. The maximum atomic E-state index is 12.4. The lowest BCUT2D eigenvalue weighted by Gasteiger charge is -2.59. The van der Waals surface area contributed by atoms with E-state index < -0.39 is 6.10 Å². The van der Waals surface area contributed by atoms with E-state index in [9.17, 15) is 15.0 Å². The Morgan fingerprint density at radius 2 is 1.96 bits per heavy atom. The summed E-state index contributed by atoms with van der Waals surface area (Å²) in [7, 11) is 0. The molecule has 0 spiro atoms. The predicted molar refractivity (Wildman–Crippen MR) is 90.9 cm³/mol. The molecule has 0 aromatic carbocycles. The van der Waals surface area contributed by atoms with Crippen LogP contribution in [0.1, 0.15) is 66.2 Å². The van der Waals surface area contributed by atoms with Crippen molar-refractivity contribution >= 4 is 5.78 Å². The molecule has 23 heavy (non-hydrogen) atoms. The molecule has 0 radical (unpaired) electrons. The Labute approximate surface area is 140 Å². The van der Waals surface area contributed by atoms with Crippen LogP contribution in [0.3, 0.4) is 0 Å². The van der Waals surface area contributed by atoms with Crippen molar-refractivity contribution in [1.82, 2.24) is 0 Å². The number of allylic oxidation sites excluding steroid dienone is 2. The summed E-state index contributed by atoms with van der Waals surface area (Å²) in [5.41, 5.74) is 1.24. The summed E-state index contributed by atoms with van der Waals surface area (Å²) in [6.45, 7) is 8.62. The number of aliphatic hydroxyl groups excluding tert-OH is 2. The van der Waals surface area contributed by atoms with Gasteiger partial charge in [0.15, 0.2) is 0 Å². The summed E-state index contributed by atoms with van der Waals surface area (Å²) in [4.78, 5) is 12.4. The minimum atomic E-state index is -0.640. The minimum absolute atomic E-state index is 0.157. The number of ketones is 1. The van der Waals surface area contributed by atoms with Crippen molar-refractivity contribution in [2.24, 2.45) is 28.1 Å². The molecule has 0 bridgehead atoms. The van der Waals surface area contributed by atoms with Crippen LogP contribution in [-0.4, -0.2) is 28.7 Å². The van der Waals surface area contributed by atoms with Gasteiger partial charge in [-0.05, 0) is 54.8 Å². The van der Waals surface area contributed by atoms with Crippen molar-refractivity contribution in [1.29, 1.82) is 0 Å². The molecule has 2 fully saturated rings. The van der Waals surface area contributed by atoms with Gasteiger partial charge in [-0.1, -0.05) is 39.3 Å². The van der Waals surface area contributed by atoms with Crippen LogP contribution in [0.5, 0.6) is 0 Å². The lowest BCUT2D eigenvalue weighted by Crippen LogP contribution is -2.54. The number of fused-ring (bicyclic) bond motifs is 3. The summed E-state index contributed by atoms with van der Waals surface area (Å²) >= 11 is 0. The molecule has 130 valence electrons. The van der Waals surface area contributed by atoms with E-state index in [-0.39, 0.29) is 22.9 Å². The van der Waals surface area contributed by atoms with Crippen molar-refractivity contribution in [3.63, 3.8) is 0 Å². The normalized spacial score (nSPS) is 44.1. The molecule has 0 aromatic heterocycles. The fraction of sp³-hybridized carbons (Fsp3) is 0.850. The quantitative estimate of drug-likeness (QED) is 0.766. The minimum Gasteiger partial charge on any atom is -0.394 e. The first-order chi connectivity index (χ1) is 10.6. The van der Waals surface area contributed by atoms with Crippen molar-refractivity contribution < 1.29 is 15.0 Å². The molecule has 2 N–H and O–H groups in total. The number of hydrogen-bond donors (Lipinski definition) is 2. The Hall–Kier alpha value is -0.670. The van der Waals surface area contributed by atoms with E-state index >= 15 is 0 Å². The third-order valence-corrected chi connectivity index (χ3v) is 7.73. The largest absolute Gasteiger partial charge is 0.394 e. The van der Waals surface area contributed by atoms with E-state index in [1.54, 1.807) is 0 Å². The molecule has 3 heteroatoms. The van der Waals surface area contributed by atoms with E-state index in [1.807, 2.05) is 0 Å².